The highest BCUT2D eigenvalue weighted by Gasteiger charge is 2.32. The van der Waals surface area contributed by atoms with E-state index in [0.29, 0.717) is 17.8 Å². The van der Waals surface area contributed by atoms with Gasteiger partial charge in [0.25, 0.3) is 0 Å². The summed E-state index contributed by atoms with van der Waals surface area (Å²) in [6.45, 7) is 0.578. The summed E-state index contributed by atoms with van der Waals surface area (Å²) in [5.41, 5.74) is 0. The van der Waals surface area contributed by atoms with Gasteiger partial charge in [0, 0.05) is 11.4 Å². The van der Waals surface area contributed by atoms with Gasteiger partial charge in [0.05, 0.1) is 14.2 Å². The third kappa shape index (κ3) is 4.54. The summed E-state index contributed by atoms with van der Waals surface area (Å²) in [5, 5.41) is 2.77. The molecule has 0 aromatic carbocycles. The summed E-state index contributed by atoms with van der Waals surface area (Å²) in [6.07, 6.45) is 3.03. The Labute approximate surface area is 139 Å². The quantitative estimate of drug-likeness (QED) is 0.653. The maximum Gasteiger partial charge on any atom is 0.348 e. The van der Waals surface area contributed by atoms with Crippen molar-refractivity contribution in [1.29, 1.82) is 0 Å². The number of methoxy groups -OCH3 is 2. The zero-order valence-electron chi connectivity index (χ0n) is 13.3. The molecule has 1 aromatic rings. The Morgan fingerprint density at radius 1 is 1.30 bits per heavy atom. The third-order valence-corrected chi connectivity index (χ3v) is 5.20. The van der Waals surface area contributed by atoms with Gasteiger partial charge in [-0.05, 0) is 43.7 Å². The first-order valence-corrected chi connectivity index (χ1v) is 8.39. The molecule has 7 heteroatoms. The van der Waals surface area contributed by atoms with Crippen molar-refractivity contribution in [3.63, 3.8) is 0 Å². The van der Waals surface area contributed by atoms with Crippen molar-refractivity contribution < 1.29 is 23.9 Å². The fraction of sp³-hybridized carbons (Fsp3) is 0.562. The summed E-state index contributed by atoms with van der Waals surface area (Å²) in [5.74, 6) is -1.50. The minimum atomic E-state index is -0.721. The molecule has 2 atom stereocenters. The molecule has 0 saturated carbocycles. The first kappa shape index (κ1) is 17.5. The lowest BCUT2D eigenvalue weighted by Crippen LogP contribution is -2.34. The molecule has 0 aliphatic carbocycles. The molecule has 126 valence electrons. The molecule has 1 aromatic heterocycles. The van der Waals surface area contributed by atoms with Gasteiger partial charge in [-0.1, -0.05) is 0 Å². The van der Waals surface area contributed by atoms with Crippen LogP contribution >= 0.6 is 11.3 Å². The van der Waals surface area contributed by atoms with Crippen molar-refractivity contribution in [3.05, 3.63) is 21.9 Å². The Morgan fingerprint density at radius 3 is 2.78 bits per heavy atom. The van der Waals surface area contributed by atoms with E-state index in [4.69, 9.17) is 9.47 Å². The molecule has 6 nitrogen and oxygen atoms in total. The van der Waals surface area contributed by atoms with Crippen LogP contribution in [-0.4, -0.2) is 38.6 Å². The van der Waals surface area contributed by atoms with Crippen LogP contribution in [0.3, 0.4) is 0 Å². The van der Waals surface area contributed by atoms with Crippen molar-refractivity contribution in [2.75, 3.05) is 20.8 Å². The molecule has 0 spiro atoms. The van der Waals surface area contributed by atoms with Gasteiger partial charge in [0.2, 0.25) is 5.91 Å². The van der Waals surface area contributed by atoms with E-state index in [1.54, 1.807) is 6.07 Å². The van der Waals surface area contributed by atoms with Crippen molar-refractivity contribution in [2.24, 2.45) is 11.8 Å². The summed E-state index contributed by atoms with van der Waals surface area (Å²) in [7, 11) is 2.67. The van der Waals surface area contributed by atoms with E-state index in [-0.39, 0.29) is 17.8 Å². The van der Waals surface area contributed by atoms with E-state index < -0.39 is 11.9 Å². The predicted octanol–water partition coefficient (Wildman–Crippen LogP) is 1.78. The van der Waals surface area contributed by atoms with Crippen LogP contribution in [0.1, 0.15) is 33.8 Å². The second-order valence-electron chi connectivity index (χ2n) is 5.55. The van der Waals surface area contributed by atoms with E-state index >= 15 is 0 Å². The molecule has 0 bridgehead atoms. The van der Waals surface area contributed by atoms with Gasteiger partial charge >= 0.3 is 11.9 Å². The summed E-state index contributed by atoms with van der Waals surface area (Å²) < 4.78 is 9.42. The van der Waals surface area contributed by atoms with Crippen molar-refractivity contribution in [1.82, 2.24) is 5.32 Å². The lowest BCUT2D eigenvalue weighted by atomic mass is 9.89. The second kappa shape index (κ2) is 8.10. The van der Waals surface area contributed by atoms with Crippen LogP contribution in [0.25, 0.3) is 0 Å². The number of carbonyl (C=O) groups excluding carboxylic acids is 3. The number of esters is 2. The van der Waals surface area contributed by atoms with Gasteiger partial charge in [-0.3, -0.25) is 9.59 Å². The molecule has 2 heterocycles. The molecule has 1 fully saturated rings. The maximum absolute atomic E-state index is 11.9. The molecule has 1 aliphatic heterocycles. The fourth-order valence-electron chi connectivity index (χ4n) is 2.76. The lowest BCUT2D eigenvalue weighted by molar-refractivity contribution is -0.150. The average molecular weight is 339 g/mol. The number of aryl methyl sites for hydroxylation is 1. The SMILES string of the molecule is COC(=O)c1ccc(CCC2CCNC(=O)C(C(=O)OC)C2)s1. The smallest absolute Gasteiger partial charge is 0.348 e. The molecule has 0 radical (unpaired) electrons. The van der Waals surface area contributed by atoms with Crippen molar-refractivity contribution in [3.8, 4) is 0 Å². The molecular weight excluding hydrogens is 318 g/mol. The highest BCUT2D eigenvalue weighted by molar-refractivity contribution is 7.13. The lowest BCUT2D eigenvalue weighted by Gasteiger charge is -2.16. The molecule has 1 N–H and O–H groups in total. The predicted molar refractivity (Wildman–Crippen MR) is 85.2 cm³/mol. The number of thiophene rings is 1. The van der Waals surface area contributed by atoms with Crippen LogP contribution in [0, 0.1) is 11.8 Å². The zero-order valence-corrected chi connectivity index (χ0v) is 14.1. The molecule has 1 aliphatic rings. The van der Waals surface area contributed by atoms with Gasteiger partial charge < -0.3 is 14.8 Å². The third-order valence-electron chi connectivity index (χ3n) is 4.07. The van der Waals surface area contributed by atoms with Crippen LogP contribution in [0.15, 0.2) is 12.1 Å². The zero-order chi connectivity index (χ0) is 16.8. The summed E-state index contributed by atoms with van der Waals surface area (Å²) in [6, 6.07) is 3.69. The average Bonchev–Trinajstić information content (AvgIpc) is 2.96. The number of hydrogen-bond donors (Lipinski definition) is 1. The highest BCUT2D eigenvalue weighted by atomic mass is 32.1. The minimum absolute atomic E-state index is 0.247. The van der Waals surface area contributed by atoms with Crippen molar-refractivity contribution in [2.45, 2.75) is 25.7 Å². The van der Waals surface area contributed by atoms with Crippen LogP contribution in [0.5, 0.6) is 0 Å². The normalized spacial score (nSPS) is 21.2. The number of hydrogen-bond acceptors (Lipinski definition) is 6. The molecule has 23 heavy (non-hydrogen) atoms. The second-order valence-corrected chi connectivity index (χ2v) is 6.72. The molecule has 2 rings (SSSR count). The largest absolute Gasteiger partial charge is 0.468 e. The topological polar surface area (TPSA) is 81.7 Å². The van der Waals surface area contributed by atoms with Crippen LogP contribution in [0.4, 0.5) is 0 Å². The van der Waals surface area contributed by atoms with E-state index in [0.717, 1.165) is 24.1 Å². The fourth-order valence-corrected chi connectivity index (χ4v) is 3.70. The van der Waals surface area contributed by atoms with Gasteiger partial charge in [0.1, 0.15) is 10.8 Å². The monoisotopic (exact) mass is 339 g/mol. The number of rotatable bonds is 5. The van der Waals surface area contributed by atoms with Crippen LogP contribution in [0.2, 0.25) is 0 Å². The first-order valence-electron chi connectivity index (χ1n) is 7.57. The van der Waals surface area contributed by atoms with Gasteiger partial charge in [-0.25, -0.2) is 4.79 Å². The minimum Gasteiger partial charge on any atom is -0.468 e. The Morgan fingerprint density at radius 2 is 2.09 bits per heavy atom. The maximum atomic E-state index is 11.9. The van der Waals surface area contributed by atoms with Gasteiger partial charge in [-0.15, -0.1) is 11.3 Å². The highest BCUT2D eigenvalue weighted by Crippen LogP contribution is 2.27. The molecular formula is C16H21NO5S. The van der Waals surface area contributed by atoms with E-state index in [9.17, 15) is 14.4 Å². The Bertz CT molecular complexity index is 583. The van der Waals surface area contributed by atoms with E-state index in [2.05, 4.69) is 5.32 Å². The van der Waals surface area contributed by atoms with E-state index in [1.165, 1.54) is 25.6 Å². The molecule has 2 unspecified atom stereocenters. The Kier molecular flexibility index (Phi) is 6.15. The first-order chi connectivity index (χ1) is 11.0. The van der Waals surface area contributed by atoms with Gasteiger partial charge in [-0.2, -0.15) is 0 Å². The number of nitrogens with one attached hydrogen (secondary N) is 1. The summed E-state index contributed by atoms with van der Waals surface area (Å²) >= 11 is 1.42. The number of amides is 1. The molecule has 1 amide bonds. The summed E-state index contributed by atoms with van der Waals surface area (Å²) in [4.78, 5) is 36.8. The van der Waals surface area contributed by atoms with Crippen LogP contribution in [-0.2, 0) is 25.5 Å². The Balaban J connectivity index is 1.94. The Hall–Kier alpha value is -1.89. The van der Waals surface area contributed by atoms with Gasteiger partial charge in [0.15, 0.2) is 0 Å². The standard InChI is InChI=1S/C16H21NO5S/c1-21-15(19)12-9-10(7-8-17-14(12)18)3-4-11-5-6-13(23-11)16(20)22-2/h5-6,10,12H,3-4,7-9H2,1-2H3,(H,17,18). The van der Waals surface area contributed by atoms with Crippen LogP contribution < -0.4 is 5.32 Å². The van der Waals surface area contributed by atoms with Crippen molar-refractivity contribution >= 4 is 29.2 Å². The number of ether oxygens (including phenoxy) is 2. The molecule has 1 saturated heterocycles. The van der Waals surface area contributed by atoms with E-state index in [1.807, 2.05) is 6.07 Å². The number of carbonyl (C=O) groups is 3.